The molecule has 1 amide bonds. The number of aryl methyl sites for hydroxylation is 1. The number of fused-ring (bicyclic) bond motifs is 1. The quantitative estimate of drug-likeness (QED) is 0.341. The molecular weight excluding hydrogens is 394 g/mol. The normalized spacial score (nSPS) is 10.8. The Labute approximate surface area is 171 Å². The Hall–Kier alpha value is -2.58. The monoisotopic (exact) mass is 415 g/mol. The molecule has 3 rings (SSSR count). The highest BCUT2D eigenvalue weighted by molar-refractivity contribution is 7.99. The first-order valence-electron chi connectivity index (χ1n) is 8.79. The largest absolute Gasteiger partial charge is 0.494 e. The number of thiophene rings is 1. The van der Waals surface area contributed by atoms with Gasteiger partial charge in [0.2, 0.25) is 5.91 Å². The van der Waals surface area contributed by atoms with E-state index in [9.17, 15) is 9.59 Å². The van der Waals surface area contributed by atoms with Crippen molar-refractivity contribution >= 4 is 44.9 Å². The third kappa shape index (κ3) is 4.63. The van der Waals surface area contributed by atoms with E-state index < -0.39 is 0 Å². The number of rotatable bonds is 8. The van der Waals surface area contributed by atoms with Crippen LogP contribution in [0.25, 0.3) is 10.2 Å². The zero-order valence-electron chi connectivity index (χ0n) is 15.7. The molecule has 3 aromatic rings. The van der Waals surface area contributed by atoms with E-state index >= 15 is 0 Å². The lowest BCUT2D eigenvalue weighted by Crippen LogP contribution is -2.23. The van der Waals surface area contributed by atoms with E-state index in [-0.39, 0.29) is 17.2 Å². The van der Waals surface area contributed by atoms with Gasteiger partial charge in [-0.25, -0.2) is 4.98 Å². The molecule has 0 radical (unpaired) electrons. The number of amides is 1. The Morgan fingerprint density at radius 3 is 2.82 bits per heavy atom. The predicted octanol–water partition coefficient (Wildman–Crippen LogP) is 4.08. The van der Waals surface area contributed by atoms with Crippen LogP contribution in [0.15, 0.2) is 52.9 Å². The van der Waals surface area contributed by atoms with Crippen LogP contribution in [-0.4, -0.2) is 27.8 Å². The lowest BCUT2D eigenvalue weighted by atomic mass is 10.3. The maximum absolute atomic E-state index is 12.7. The van der Waals surface area contributed by atoms with Gasteiger partial charge in [0.05, 0.1) is 17.7 Å². The number of anilines is 1. The number of ether oxygens (including phenoxy) is 1. The molecule has 0 fully saturated rings. The molecule has 0 unspecified atom stereocenters. The fraction of sp³-hybridized carbons (Fsp3) is 0.250. The van der Waals surface area contributed by atoms with Gasteiger partial charge in [0, 0.05) is 17.1 Å². The van der Waals surface area contributed by atoms with Gasteiger partial charge in [0.25, 0.3) is 5.56 Å². The maximum Gasteiger partial charge on any atom is 0.263 e. The first kappa shape index (κ1) is 20.2. The van der Waals surface area contributed by atoms with Crippen molar-refractivity contribution in [2.45, 2.75) is 25.5 Å². The van der Waals surface area contributed by atoms with E-state index in [1.54, 1.807) is 22.8 Å². The molecule has 6 nitrogen and oxygen atoms in total. The van der Waals surface area contributed by atoms with Crippen LogP contribution in [0.3, 0.4) is 0 Å². The zero-order valence-corrected chi connectivity index (χ0v) is 17.4. The minimum atomic E-state index is -0.170. The molecule has 0 atom stereocenters. The molecule has 28 heavy (non-hydrogen) atoms. The van der Waals surface area contributed by atoms with Crippen LogP contribution in [-0.2, 0) is 11.3 Å². The summed E-state index contributed by atoms with van der Waals surface area (Å²) in [5.74, 6) is 0.732. The summed E-state index contributed by atoms with van der Waals surface area (Å²) in [6.07, 6.45) is 1.65. The molecule has 2 aromatic heterocycles. The molecule has 0 aliphatic carbocycles. The lowest BCUT2D eigenvalue weighted by Gasteiger charge is -2.10. The molecule has 0 aliphatic heterocycles. The fourth-order valence-corrected chi connectivity index (χ4v) is 4.38. The van der Waals surface area contributed by atoms with Crippen LogP contribution in [0.1, 0.15) is 11.8 Å². The second-order valence-electron chi connectivity index (χ2n) is 5.97. The molecule has 0 saturated heterocycles. The topological polar surface area (TPSA) is 73.2 Å². The van der Waals surface area contributed by atoms with Crippen molar-refractivity contribution in [3.8, 4) is 5.75 Å². The molecule has 8 heteroatoms. The van der Waals surface area contributed by atoms with Crippen LogP contribution in [0.2, 0.25) is 0 Å². The average Bonchev–Trinajstić information content (AvgIpc) is 3.05. The smallest absolute Gasteiger partial charge is 0.263 e. The first-order chi connectivity index (χ1) is 13.5. The van der Waals surface area contributed by atoms with Crippen molar-refractivity contribution in [3.05, 3.63) is 58.2 Å². The number of allylic oxidation sites excluding steroid dienone is 1. The molecule has 0 saturated carbocycles. The summed E-state index contributed by atoms with van der Waals surface area (Å²) in [6, 6.07) is 9.05. The number of aromatic nitrogens is 2. The fourth-order valence-electron chi connectivity index (χ4n) is 2.65. The summed E-state index contributed by atoms with van der Waals surface area (Å²) in [5.41, 5.74) is 0.582. The standard InChI is InChI=1S/C20H21N3O3S2/c1-4-10-23-19(25)16-11-13(3)28-18(16)22-20(23)27-12-17(24)21-14-6-8-15(9-7-14)26-5-2/h4,6-9,11H,1,5,10,12H2,2-3H3,(H,21,24). The van der Waals surface area contributed by atoms with Gasteiger partial charge in [-0.3, -0.25) is 14.2 Å². The number of thioether (sulfide) groups is 1. The zero-order chi connectivity index (χ0) is 20.1. The number of hydrogen-bond acceptors (Lipinski definition) is 6. The van der Waals surface area contributed by atoms with Gasteiger partial charge >= 0.3 is 0 Å². The SMILES string of the molecule is C=CCn1c(SCC(=O)Nc2ccc(OCC)cc2)nc2sc(C)cc2c1=O. The Kier molecular flexibility index (Phi) is 6.53. The van der Waals surface area contributed by atoms with Crippen molar-refractivity contribution in [1.82, 2.24) is 9.55 Å². The van der Waals surface area contributed by atoms with Crippen molar-refractivity contribution in [2.24, 2.45) is 0 Å². The Morgan fingerprint density at radius 2 is 2.14 bits per heavy atom. The number of carbonyl (C=O) groups excluding carboxylic acids is 1. The highest BCUT2D eigenvalue weighted by atomic mass is 32.2. The highest BCUT2D eigenvalue weighted by Crippen LogP contribution is 2.24. The number of carbonyl (C=O) groups is 1. The second kappa shape index (κ2) is 9.07. The van der Waals surface area contributed by atoms with E-state index in [0.29, 0.717) is 34.2 Å². The van der Waals surface area contributed by atoms with Crippen molar-refractivity contribution in [3.63, 3.8) is 0 Å². The van der Waals surface area contributed by atoms with Crippen LogP contribution < -0.4 is 15.6 Å². The van der Waals surface area contributed by atoms with Crippen LogP contribution in [0.5, 0.6) is 5.75 Å². The average molecular weight is 416 g/mol. The summed E-state index contributed by atoms with van der Waals surface area (Å²) in [5, 5.41) is 3.96. The Morgan fingerprint density at radius 1 is 1.39 bits per heavy atom. The van der Waals surface area contributed by atoms with Gasteiger partial charge in [0.1, 0.15) is 10.6 Å². The molecule has 2 heterocycles. The van der Waals surface area contributed by atoms with E-state index in [1.807, 2.05) is 32.0 Å². The van der Waals surface area contributed by atoms with Crippen LogP contribution >= 0.6 is 23.1 Å². The Bertz CT molecular complexity index is 1050. The van der Waals surface area contributed by atoms with E-state index in [2.05, 4.69) is 16.9 Å². The van der Waals surface area contributed by atoms with Gasteiger partial charge in [0.15, 0.2) is 5.16 Å². The number of benzene rings is 1. The molecular formula is C20H21N3O3S2. The van der Waals surface area contributed by atoms with E-state index in [4.69, 9.17) is 4.74 Å². The van der Waals surface area contributed by atoms with Crippen molar-refractivity contribution < 1.29 is 9.53 Å². The summed E-state index contributed by atoms with van der Waals surface area (Å²) in [7, 11) is 0. The summed E-state index contributed by atoms with van der Waals surface area (Å²) in [6.45, 7) is 8.51. The third-order valence-electron chi connectivity index (χ3n) is 3.83. The van der Waals surface area contributed by atoms with E-state index in [0.717, 1.165) is 10.6 Å². The number of nitrogens with zero attached hydrogens (tertiary/aromatic N) is 2. The van der Waals surface area contributed by atoms with Crippen LogP contribution in [0.4, 0.5) is 5.69 Å². The molecule has 1 N–H and O–H groups in total. The number of hydrogen-bond donors (Lipinski definition) is 1. The minimum absolute atomic E-state index is 0.108. The third-order valence-corrected chi connectivity index (χ3v) is 5.75. The van der Waals surface area contributed by atoms with Crippen LogP contribution in [0, 0.1) is 6.92 Å². The molecule has 0 spiro atoms. The van der Waals surface area contributed by atoms with Crippen molar-refractivity contribution in [2.75, 3.05) is 17.7 Å². The van der Waals surface area contributed by atoms with Gasteiger partial charge < -0.3 is 10.1 Å². The predicted molar refractivity (Wildman–Crippen MR) is 116 cm³/mol. The first-order valence-corrected chi connectivity index (χ1v) is 10.6. The van der Waals surface area contributed by atoms with Gasteiger partial charge in [-0.2, -0.15) is 0 Å². The van der Waals surface area contributed by atoms with Gasteiger partial charge in [-0.05, 0) is 44.2 Å². The van der Waals surface area contributed by atoms with Crippen molar-refractivity contribution in [1.29, 1.82) is 0 Å². The highest BCUT2D eigenvalue weighted by Gasteiger charge is 2.14. The second-order valence-corrected chi connectivity index (χ2v) is 8.15. The van der Waals surface area contributed by atoms with Gasteiger partial charge in [-0.15, -0.1) is 17.9 Å². The molecule has 1 aromatic carbocycles. The minimum Gasteiger partial charge on any atom is -0.494 e. The molecule has 0 bridgehead atoms. The summed E-state index contributed by atoms with van der Waals surface area (Å²) < 4.78 is 6.94. The molecule has 146 valence electrons. The summed E-state index contributed by atoms with van der Waals surface area (Å²) >= 11 is 2.71. The molecule has 0 aliphatic rings. The lowest BCUT2D eigenvalue weighted by molar-refractivity contribution is -0.113. The summed E-state index contributed by atoms with van der Waals surface area (Å²) in [4.78, 5) is 31.4. The van der Waals surface area contributed by atoms with E-state index in [1.165, 1.54) is 23.1 Å². The Balaban J connectivity index is 1.73. The maximum atomic E-state index is 12.7. The number of nitrogens with one attached hydrogen (secondary N) is 1. The van der Waals surface area contributed by atoms with Gasteiger partial charge in [-0.1, -0.05) is 17.8 Å².